The average molecular weight is 269 g/mol. The van der Waals surface area contributed by atoms with E-state index in [4.69, 9.17) is 5.73 Å². The van der Waals surface area contributed by atoms with Gasteiger partial charge >= 0.3 is 0 Å². The van der Waals surface area contributed by atoms with Gasteiger partial charge in [0.25, 0.3) is 0 Å². The number of aromatic nitrogens is 4. The zero-order chi connectivity index (χ0) is 10.8. The van der Waals surface area contributed by atoms with E-state index < -0.39 is 0 Å². The second-order valence-corrected chi connectivity index (χ2v) is 3.74. The van der Waals surface area contributed by atoms with Gasteiger partial charge in [0, 0.05) is 19.3 Å². The summed E-state index contributed by atoms with van der Waals surface area (Å²) in [7, 11) is 1.77. The van der Waals surface area contributed by atoms with Gasteiger partial charge in [0.1, 0.15) is 5.82 Å². The predicted molar refractivity (Wildman–Crippen MR) is 60.8 cm³/mol. The first kappa shape index (κ1) is 9.91. The van der Waals surface area contributed by atoms with Gasteiger partial charge in [0.15, 0.2) is 5.82 Å². The Morgan fingerprint density at radius 3 is 2.87 bits per heavy atom. The lowest BCUT2D eigenvalue weighted by molar-refractivity contribution is 0.843. The largest absolute Gasteiger partial charge is 0.373 e. The van der Waals surface area contributed by atoms with Crippen LogP contribution in [0.1, 0.15) is 0 Å². The van der Waals surface area contributed by atoms with Crippen molar-refractivity contribution in [2.45, 2.75) is 0 Å². The first-order valence-corrected chi connectivity index (χ1v) is 5.01. The van der Waals surface area contributed by atoms with Gasteiger partial charge in [0.05, 0.1) is 10.7 Å². The van der Waals surface area contributed by atoms with Crippen molar-refractivity contribution >= 4 is 27.7 Å². The lowest BCUT2D eigenvalue weighted by Gasteiger charge is -2.04. The summed E-state index contributed by atoms with van der Waals surface area (Å²) >= 11 is 3.31. The number of nitrogens with zero attached hydrogens (tertiary/aromatic N) is 4. The number of nitrogens with one attached hydrogen (secondary N) is 1. The molecule has 0 spiro atoms. The standard InChI is InChI=1S/C8H9BrN6/c1-11-6-2-7(14-8(10)13-6)15-4-5(9)3-12-15/h2-4H,1H3,(H3,10,11,13,14). The highest BCUT2D eigenvalue weighted by Gasteiger charge is 2.04. The van der Waals surface area contributed by atoms with Gasteiger partial charge in [-0.25, -0.2) is 4.68 Å². The van der Waals surface area contributed by atoms with Crippen LogP contribution in [0.4, 0.5) is 11.8 Å². The van der Waals surface area contributed by atoms with Crippen molar-refractivity contribution in [1.29, 1.82) is 0 Å². The smallest absolute Gasteiger partial charge is 0.224 e. The van der Waals surface area contributed by atoms with Crippen LogP contribution < -0.4 is 11.1 Å². The summed E-state index contributed by atoms with van der Waals surface area (Å²) in [6.45, 7) is 0. The van der Waals surface area contributed by atoms with Crippen molar-refractivity contribution < 1.29 is 0 Å². The number of rotatable bonds is 2. The fourth-order valence-electron chi connectivity index (χ4n) is 1.12. The van der Waals surface area contributed by atoms with E-state index in [-0.39, 0.29) is 5.95 Å². The Hall–Kier alpha value is -1.63. The van der Waals surface area contributed by atoms with Crippen LogP contribution in [0.15, 0.2) is 22.9 Å². The van der Waals surface area contributed by atoms with Crippen molar-refractivity contribution in [3.63, 3.8) is 0 Å². The molecule has 2 aromatic heterocycles. The summed E-state index contributed by atoms with van der Waals surface area (Å²) in [5.74, 6) is 1.49. The van der Waals surface area contributed by atoms with Crippen molar-refractivity contribution in [2.24, 2.45) is 0 Å². The normalized spacial score (nSPS) is 10.3. The number of hydrogen-bond acceptors (Lipinski definition) is 5. The molecule has 0 aliphatic carbocycles. The van der Waals surface area contributed by atoms with E-state index in [1.807, 2.05) is 0 Å². The maximum atomic E-state index is 5.56. The van der Waals surface area contributed by atoms with Crippen LogP contribution >= 0.6 is 15.9 Å². The molecule has 0 atom stereocenters. The Morgan fingerprint density at radius 1 is 1.47 bits per heavy atom. The molecule has 0 saturated heterocycles. The molecule has 2 aromatic rings. The van der Waals surface area contributed by atoms with Gasteiger partial charge in [-0.3, -0.25) is 0 Å². The van der Waals surface area contributed by atoms with Crippen LogP contribution in [0.2, 0.25) is 0 Å². The third-order valence-electron chi connectivity index (χ3n) is 1.77. The molecule has 0 amide bonds. The molecule has 0 bridgehead atoms. The zero-order valence-corrected chi connectivity index (χ0v) is 9.56. The lowest BCUT2D eigenvalue weighted by atomic mass is 10.5. The molecule has 2 heterocycles. The summed E-state index contributed by atoms with van der Waals surface area (Å²) in [6.07, 6.45) is 3.47. The topological polar surface area (TPSA) is 81.7 Å². The summed E-state index contributed by atoms with van der Waals surface area (Å²) in [4.78, 5) is 8.06. The third kappa shape index (κ3) is 2.07. The molecular weight excluding hydrogens is 260 g/mol. The minimum Gasteiger partial charge on any atom is -0.373 e. The molecule has 0 saturated carbocycles. The monoisotopic (exact) mass is 268 g/mol. The second kappa shape index (κ2) is 3.85. The Kier molecular flexibility index (Phi) is 2.55. The summed E-state index contributed by atoms with van der Waals surface area (Å²) in [5.41, 5.74) is 5.56. The molecule has 7 heteroatoms. The van der Waals surface area contributed by atoms with Crippen LogP contribution in [0.5, 0.6) is 0 Å². The lowest BCUT2D eigenvalue weighted by Crippen LogP contribution is -2.05. The molecule has 2 rings (SSSR count). The fourth-order valence-corrected chi connectivity index (χ4v) is 1.41. The van der Waals surface area contributed by atoms with Crippen molar-refractivity contribution in [1.82, 2.24) is 19.7 Å². The zero-order valence-electron chi connectivity index (χ0n) is 7.98. The maximum absolute atomic E-state index is 5.56. The van der Waals surface area contributed by atoms with Crippen molar-refractivity contribution in [3.05, 3.63) is 22.9 Å². The molecule has 0 radical (unpaired) electrons. The van der Waals surface area contributed by atoms with E-state index in [0.29, 0.717) is 11.6 Å². The summed E-state index contributed by atoms with van der Waals surface area (Å²) in [6, 6.07) is 1.76. The van der Waals surface area contributed by atoms with E-state index >= 15 is 0 Å². The average Bonchev–Trinajstić information content (AvgIpc) is 2.64. The molecule has 15 heavy (non-hydrogen) atoms. The number of halogens is 1. The first-order chi connectivity index (χ1) is 7.19. The van der Waals surface area contributed by atoms with Crippen LogP contribution in [0.25, 0.3) is 5.82 Å². The Morgan fingerprint density at radius 2 is 2.27 bits per heavy atom. The Labute approximate surface area is 94.7 Å². The second-order valence-electron chi connectivity index (χ2n) is 2.82. The highest BCUT2D eigenvalue weighted by Crippen LogP contribution is 2.14. The van der Waals surface area contributed by atoms with Gasteiger partial charge in [-0.15, -0.1) is 0 Å². The van der Waals surface area contributed by atoms with Crippen LogP contribution in [0.3, 0.4) is 0 Å². The molecule has 0 aliphatic rings. The molecule has 6 nitrogen and oxygen atoms in total. The van der Waals surface area contributed by atoms with Crippen molar-refractivity contribution in [3.8, 4) is 5.82 Å². The molecule has 0 aromatic carbocycles. The first-order valence-electron chi connectivity index (χ1n) is 4.22. The van der Waals surface area contributed by atoms with Crippen LogP contribution in [-0.4, -0.2) is 26.8 Å². The van der Waals surface area contributed by atoms with Gasteiger partial charge in [-0.05, 0) is 15.9 Å². The van der Waals surface area contributed by atoms with Gasteiger partial charge in [-0.1, -0.05) is 0 Å². The van der Waals surface area contributed by atoms with E-state index in [2.05, 4.69) is 36.3 Å². The van der Waals surface area contributed by atoms with Gasteiger partial charge in [0.2, 0.25) is 5.95 Å². The highest BCUT2D eigenvalue weighted by atomic mass is 79.9. The predicted octanol–water partition coefficient (Wildman–Crippen LogP) is 1.05. The molecule has 0 fully saturated rings. The van der Waals surface area contributed by atoms with Crippen LogP contribution in [-0.2, 0) is 0 Å². The number of nitrogens with two attached hydrogens (primary N) is 1. The summed E-state index contributed by atoms with van der Waals surface area (Å²) < 4.78 is 2.49. The molecule has 0 aliphatic heterocycles. The minimum absolute atomic E-state index is 0.212. The van der Waals surface area contributed by atoms with E-state index in [9.17, 15) is 0 Å². The fraction of sp³-hybridized carbons (Fsp3) is 0.125. The molecule has 0 unspecified atom stereocenters. The van der Waals surface area contributed by atoms with Crippen molar-refractivity contribution in [2.75, 3.05) is 18.1 Å². The SMILES string of the molecule is CNc1cc(-n2cc(Br)cn2)nc(N)n1. The minimum atomic E-state index is 0.212. The number of anilines is 2. The quantitative estimate of drug-likeness (QED) is 0.851. The summed E-state index contributed by atoms with van der Waals surface area (Å²) in [5, 5.41) is 7.00. The molecule has 78 valence electrons. The van der Waals surface area contributed by atoms with E-state index in [1.54, 1.807) is 30.2 Å². The molecule has 3 N–H and O–H groups in total. The highest BCUT2D eigenvalue weighted by molar-refractivity contribution is 9.10. The number of hydrogen-bond donors (Lipinski definition) is 2. The van der Waals surface area contributed by atoms with E-state index in [1.165, 1.54) is 0 Å². The third-order valence-corrected chi connectivity index (χ3v) is 2.18. The number of nitrogen functional groups attached to an aromatic ring is 1. The molecular formula is C8H9BrN6. The van der Waals surface area contributed by atoms with E-state index in [0.717, 1.165) is 4.47 Å². The van der Waals surface area contributed by atoms with Crippen LogP contribution in [0, 0.1) is 0 Å². The Bertz CT molecular complexity index is 480. The maximum Gasteiger partial charge on any atom is 0.224 e. The van der Waals surface area contributed by atoms with Gasteiger partial charge in [-0.2, -0.15) is 15.1 Å². The van der Waals surface area contributed by atoms with Gasteiger partial charge < -0.3 is 11.1 Å². The Balaban J connectivity index is 2.48.